The number of carbonyl (C=O) groups excluding carboxylic acids is 1. The molecule has 0 saturated carbocycles. The number of benzene rings is 1. The van der Waals surface area contributed by atoms with Gasteiger partial charge >= 0.3 is 0 Å². The van der Waals surface area contributed by atoms with Gasteiger partial charge in [0.15, 0.2) is 0 Å². The number of nitrogens with one attached hydrogen (secondary N) is 1. The monoisotopic (exact) mass is 302 g/mol. The lowest BCUT2D eigenvalue weighted by Gasteiger charge is -2.13. The van der Waals surface area contributed by atoms with E-state index in [1.165, 1.54) is 11.8 Å². The van der Waals surface area contributed by atoms with Crippen molar-refractivity contribution in [3.63, 3.8) is 0 Å². The molecule has 1 N–H and O–H groups in total. The van der Waals surface area contributed by atoms with E-state index in [9.17, 15) is 4.79 Å². The summed E-state index contributed by atoms with van der Waals surface area (Å²) in [4.78, 5) is 13.5. The molecule has 0 aliphatic carbocycles. The first kappa shape index (κ1) is 16.1. The number of halogens is 1. The molecule has 19 heavy (non-hydrogen) atoms. The van der Waals surface area contributed by atoms with E-state index in [1.807, 2.05) is 25.3 Å². The highest BCUT2D eigenvalue weighted by atomic mass is 35.5. The van der Waals surface area contributed by atoms with Gasteiger partial charge in [0, 0.05) is 12.2 Å². The van der Waals surface area contributed by atoms with Gasteiger partial charge in [0.2, 0.25) is 5.91 Å². The van der Waals surface area contributed by atoms with Gasteiger partial charge in [-0.2, -0.15) is 11.8 Å². The number of carbonyl (C=O) groups is 1. The molecule has 0 aliphatic heterocycles. The highest BCUT2D eigenvalue weighted by molar-refractivity contribution is 7.99. The summed E-state index contributed by atoms with van der Waals surface area (Å²) >= 11 is 7.59. The first-order chi connectivity index (χ1) is 9.02. The summed E-state index contributed by atoms with van der Waals surface area (Å²) < 4.78 is 5.56. The van der Waals surface area contributed by atoms with Crippen LogP contribution < -0.4 is 10.1 Å². The van der Waals surface area contributed by atoms with E-state index in [0.717, 1.165) is 6.54 Å². The Morgan fingerprint density at radius 3 is 2.79 bits per heavy atom. The Kier molecular flexibility index (Phi) is 7.05. The summed E-state index contributed by atoms with van der Waals surface area (Å²) in [6.07, 6.45) is 1.88. The summed E-state index contributed by atoms with van der Waals surface area (Å²) in [5, 5.41) is 3.28. The van der Waals surface area contributed by atoms with Crippen LogP contribution in [0.1, 0.15) is 0 Å². The minimum atomic E-state index is -0.0372. The zero-order chi connectivity index (χ0) is 14.3. The highest BCUT2D eigenvalue weighted by Gasteiger charge is 2.06. The van der Waals surface area contributed by atoms with Gasteiger partial charge in [-0.3, -0.25) is 4.79 Å². The third-order valence-electron chi connectivity index (χ3n) is 2.29. The molecule has 1 aromatic rings. The number of hydrogen-bond acceptors (Lipinski definition) is 4. The minimum absolute atomic E-state index is 0.0372. The van der Waals surface area contributed by atoms with Crippen molar-refractivity contribution in [2.75, 3.05) is 44.6 Å². The van der Waals surface area contributed by atoms with Gasteiger partial charge in [-0.05, 0) is 38.6 Å². The molecule has 6 heteroatoms. The molecule has 1 rings (SSSR count). The number of nitrogens with zero attached hydrogens (tertiary/aromatic N) is 1. The molecule has 0 atom stereocenters. The molecule has 1 aromatic carbocycles. The third-order valence-corrected chi connectivity index (χ3v) is 3.13. The van der Waals surface area contributed by atoms with Crippen LogP contribution in [0.5, 0.6) is 5.75 Å². The summed E-state index contributed by atoms with van der Waals surface area (Å²) in [7, 11) is 3.96. The predicted octanol–water partition coefficient (Wildman–Crippen LogP) is 2.58. The Morgan fingerprint density at radius 1 is 1.47 bits per heavy atom. The maximum absolute atomic E-state index is 11.4. The summed E-state index contributed by atoms with van der Waals surface area (Å²) in [6, 6.07) is 5.26. The van der Waals surface area contributed by atoms with Crippen molar-refractivity contribution in [3.8, 4) is 5.75 Å². The summed E-state index contributed by atoms with van der Waals surface area (Å²) in [5.41, 5.74) is 0.684. The van der Waals surface area contributed by atoms with E-state index < -0.39 is 0 Å². The molecule has 1 amide bonds. The van der Waals surface area contributed by atoms with Crippen molar-refractivity contribution in [2.24, 2.45) is 0 Å². The van der Waals surface area contributed by atoms with Gasteiger partial charge in [0.05, 0.1) is 10.8 Å². The van der Waals surface area contributed by atoms with Gasteiger partial charge in [0.1, 0.15) is 12.4 Å². The Hall–Kier alpha value is -0.910. The molecule has 0 unspecified atom stereocenters. The lowest BCUT2D eigenvalue weighted by molar-refractivity contribution is -0.113. The lowest BCUT2D eigenvalue weighted by atomic mass is 10.3. The van der Waals surface area contributed by atoms with Crippen molar-refractivity contribution in [1.82, 2.24) is 4.90 Å². The van der Waals surface area contributed by atoms with Gasteiger partial charge in [-0.1, -0.05) is 11.6 Å². The van der Waals surface area contributed by atoms with Crippen molar-refractivity contribution in [2.45, 2.75) is 0 Å². The molecule has 0 saturated heterocycles. The van der Waals surface area contributed by atoms with Gasteiger partial charge in [-0.25, -0.2) is 0 Å². The number of rotatable bonds is 7. The van der Waals surface area contributed by atoms with Crippen LogP contribution in [0, 0.1) is 0 Å². The second-order valence-corrected chi connectivity index (χ2v) is 5.55. The molecule has 0 radical (unpaired) electrons. The average Bonchev–Trinajstić information content (AvgIpc) is 2.31. The largest absolute Gasteiger partial charge is 0.491 e. The van der Waals surface area contributed by atoms with Gasteiger partial charge in [0.25, 0.3) is 0 Å². The average molecular weight is 303 g/mol. The Morgan fingerprint density at radius 2 is 2.21 bits per heavy atom. The van der Waals surface area contributed by atoms with Crippen LogP contribution in [-0.2, 0) is 4.79 Å². The van der Waals surface area contributed by atoms with E-state index >= 15 is 0 Å². The number of likely N-dealkylation sites (N-methyl/N-ethyl adjacent to an activating group) is 1. The first-order valence-corrected chi connectivity index (χ1v) is 7.66. The normalized spacial score (nSPS) is 10.6. The zero-order valence-electron chi connectivity index (χ0n) is 11.4. The third kappa shape index (κ3) is 6.18. The highest BCUT2D eigenvalue weighted by Crippen LogP contribution is 2.27. The summed E-state index contributed by atoms with van der Waals surface area (Å²) in [5.74, 6) is 1.02. The molecule has 4 nitrogen and oxygen atoms in total. The Balaban J connectivity index is 2.56. The maximum Gasteiger partial charge on any atom is 0.234 e. The van der Waals surface area contributed by atoms with E-state index in [0.29, 0.717) is 28.8 Å². The fourth-order valence-corrected chi connectivity index (χ4v) is 1.93. The molecule has 106 valence electrons. The van der Waals surface area contributed by atoms with E-state index in [2.05, 4.69) is 5.32 Å². The van der Waals surface area contributed by atoms with E-state index in [1.54, 1.807) is 18.2 Å². The molecular weight excluding hydrogens is 284 g/mol. The maximum atomic E-state index is 11.4. The number of amides is 1. The predicted molar refractivity (Wildman–Crippen MR) is 82.5 cm³/mol. The molecule has 0 heterocycles. The molecule has 0 fully saturated rings. The van der Waals surface area contributed by atoms with Crippen LogP contribution in [0.3, 0.4) is 0 Å². The molecule has 0 spiro atoms. The number of thioether (sulfide) groups is 1. The second kappa shape index (κ2) is 8.30. The van der Waals surface area contributed by atoms with Gasteiger partial charge < -0.3 is 15.0 Å². The molecule has 0 aromatic heterocycles. The number of anilines is 1. The molecule has 0 aliphatic rings. The van der Waals surface area contributed by atoms with Crippen LogP contribution in [0.4, 0.5) is 5.69 Å². The van der Waals surface area contributed by atoms with E-state index in [-0.39, 0.29) is 5.91 Å². The fourth-order valence-electron chi connectivity index (χ4n) is 1.36. The fraction of sp³-hybridized carbons (Fsp3) is 0.462. The quantitative estimate of drug-likeness (QED) is 0.840. The van der Waals surface area contributed by atoms with Crippen molar-refractivity contribution in [3.05, 3.63) is 23.2 Å². The first-order valence-electron chi connectivity index (χ1n) is 5.89. The minimum Gasteiger partial charge on any atom is -0.491 e. The molecular formula is C13H19ClN2O2S. The van der Waals surface area contributed by atoms with Gasteiger partial charge in [-0.15, -0.1) is 0 Å². The smallest absolute Gasteiger partial charge is 0.234 e. The van der Waals surface area contributed by atoms with Crippen LogP contribution in [0.2, 0.25) is 5.02 Å². The Labute approximate surface area is 123 Å². The number of ether oxygens (including phenoxy) is 1. The van der Waals surface area contributed by atoms with Crippen molar-refractivity contribution < 1.29 is 9.53 Å². The standard InChI is InChI=1S/C13H19ClN2O2S/c1-16(2)6-7-18-12-5-4-10(8-11(12)14)15-13(17)9-19-3/h4-5,8H,6-7,9H2,1-3H3,(H,15,17). The van der Waals surface area contributed by atoms with Crippen molar-refractivity contribution >= 4 is 35.0 Å². The zero-order valence-corrected chi connectivity index (χ0v) is 13.0. The van der Waals surface area contributed by atoms with Crippen LogP contribution in [0.15, 0.2) is 18.2 Å². The van der Waals surface area contributed by atoms with Crippen LogP contribution >= 0.6 is 23.4 Å². The summed E-state index contributed by atoms with van der Waals surface area (Å²) in [6.45, 7) is 1.40. The SMILES string of the molecule is CSCC(=O)Nc1ccc(OCCN(C)C)c(Cl)c1. The topological polar surface area (TPSA) is 41.6 Å². The van der Waals surface area contributed by atoms with Crippen molar-refractivity contribution in [1.29, 1.82) is 0 Å². The van der Waals surface area contributed by atoms with Crippen LogP contribution in [0.25, 0.3) is 0 Å². The van der Waals surface area contributed by atoms with E-state index in [4.69, 9.17) is 16.3 Å². The van der Waals surface area contributed by atoms with Crippen LogP contribution in [-0.4, -0.2) is 50.1 Å². The second-order valence-electron chi connectivity index (χ2n) is 4.28. The molecule has 0 bridgehead atoms. The number of hydrogen-bond donors (Lipinski definition) is 1. The Bertz CT molecular complexity index is 427. The lowest BCUT2D eigenvalue weighted by Crippen LogP contribution is -2.19.